The van der Waals surface area contributed by atoms with Gasteiger partial charge in [0.05, 0.1) is 12.4 Å². The number of hydrogen-bond donors (Lipinski definition) is 2. The van der Waals surface area contributed by atoms with Crippen LogP contribution in [-0.4, -0.2) is 27.2 Å². The van der Waals surface area contributed by atoms with Crippen molar-refractivity contribution in [2.24, 2.45) is 0 Å². The Bertz CT molecular complexity index is 549. The smallest absolute Gasteiger partial charge is 0.185 e. The summed E-state index contributed by atoms with van der Waals surface area (Å²) in [5, 5.41) is 20.6. The Kier molecular flexibility index (Phi) is 4.06. The molecule has 0 aliphatic rings. The normalized spacial score (nSPS) is 14.6. The van der Waals surface area contributed by atoms with E-state index in [4.69, 9.17) is 4.42 Å². The van der Waals surface area contributed by atoms with Crippen LogP contribution in [-0.2, 0) is 4.79 Å². The fourth-order valence-electron chi connectivity index (χ4n) is 1.69. The van der Waals surface area contributed by atoms with E-state index in [1.165, 1.54) is 6.92 Å². The summed E-state index contributed by atoms with van der Waals surface area (Å²) in [6, 6.07) is 7.02. The number of furan rings is 1. The Morgan fingerprint density at radius 1 is 1.39 bits per heavy atom. The molecule has 0 amide bonds. The number of rotatable bonds is 4. The molecule has 0 saturated carbocycles. The molecule has 4 nitrogen and oxygen atoms in total. The molecule has 18 heavy (non-hydrogen) atoms. The predicted molar refractivity (Wildman–Crippen MR) is 70.3 cm³/mol. The van der Waals surface area contributed by atoms with Crippen molar-refractivity contribution in [2.45, 2.75) is 19.1 Å². The second-order valence-corrected chi connectivity index (χ2v) is 5.23. The average Bonchev–Trinajstić information content (AvgIpc) is 2.81. The first kappa shape index (κ1) is 13.1. The van der Waals surface area contributed by atoms with Crippen LogP contribution in [0.1, 0.15) is 18.6 Å². The molecule has 1 heterocycles. The van der Waals surface area contributed by atoms with E-state index in [1.54, 1.807) is 30.5 Å². The standard InChI is InChI=1S/C13H14O4S/c1-8(14)18-7-11(15)13(16)10-2-3-12-9(6-10)4-5-17-12/h2-6,11,13,15-16H,7H2,1H3. The lowest BCUT2D eigenvalue weighted by Crippen LogP contribution is -2.21. The van der Waals surface area contributed by atoms with Gasteiger partial charge in [0.1, 0.15) is 11.7 Å². The molecule has 1 aromatic heterocycles. The van der Waals surface area contributed by atoms with Gasteiger partial charge < -0.3 is 14.6 Å². The van der Waals surface area contributed by atoms with E-state index >= 15 is 0 Å². The fraction of sp³-hybridized carbons (Fsp3) is 0.308. The van der Waals surface area contributed by atoms with Crippen molar-refractivity contribution in [2.75, 3.05) is 5.75 Å². The highest BCUT2D eigenvalue weighted by Gasteiger charge is 2.19. The maximum Gasteiger partial charge on any atom is 0.185 e. The number of fused-ring (bicyclic) bond motifs is 1. The molecule has 0 radical (unpaired) electrons. The van der Waals surface area contributed by atoms with Crippen LogP contribution in [0.15, 0.2) is 34.9 Å². The molecule has 0 fully saturated rings. The Hall–Kier alpha value is -1.30. The monoisotopic (exact) mass is 266 g/mol. The van der Waals surface area contributed by atoms with Crippen molar-refractivity contribution >= 4 is 27.8 Å². The predicted octanol–water partition coefficient (Wildman–Crippen LogP) is 2.11. The van der Waals surface area contributed by atoms with Crippen LogP contribution in [0, 0.1) is 0 Å². The summed E-state index contributed by atoms with van der Waals surface area (Å²) in [4.78, 5) is 10.8. The minimum atomic E-state index is -1.00. The number of aliphatic hydroxyl groups is 2. The van der Waals surface area contributed by atoms with Crippen molar-refractivity contribution in [3.8, 4) is 0 Å². The van der Waals surface area contributed by atoms with Crippen molar-refractivity contribution in [3.05, 3.63) is 36.1 Å². The van der Waals surface area contributed by atoms with Crippen LogP contribution in [0.4, 0.5) is 0 Å². The zero-order chi connectivity index (χ0) is 13.1. The summed E-state index contributed by atoms with van der Waals surface area (Å²) in [7, 11) is 0. The van der Waals surface area contributed by atoms with Gasteiger partial charge in [-0.3, -0.25) is 4.79 Å². The van der Waals surface area contributed by atoms with Gasteiger partial charge in [0.2, 0.25) is 0 Å². The second kappa shape index (κ2) is 5.56. The van der Waals surface area contributed by atoms with E-state index in [0.717, 1.165) is 22.7 Å². The molecule has 96 valence electrons. The molecule has 2 N–H and O–H groups in total. The molecule has 1 aromatic carbocycles. The van der Waals surface area contributed by atoms with Crippen LogP contribution >= 0.6 is 11.8 Å². The Labute approximate surface area is 109 Å². The zero-order valence-electron chi connectivity index (χ0n) is 9.87. The maximum atomic E-state index is 10.8. The summed E-state index contributed by atoms with van der Waals surface area (Å²) in [6.45, 7) is 1.43. The van der Waals surface area contributed by atoms with E-state index in [-0.39, 0.29) is 10.9 Å². The highest BCUT2D eigenvalue weighted by Crippen LogP contribution is 2.24. The summed E-state index contributed by atoms with van der Waals surface area (Å²) < 4.78 is 5.20. The van der Waals surface area contributed by atoms with Crippen LogP contribution in [0.25, 0.3) is 11.0 Å². The number of aliphatic hydroxyl groups excluding tert-OH is 2. The van der Waals surface area contributed by atoms with Gasteiger partial charge in [-0.25, -0.2) is 0 Å². The maximum absolute atomic E-state index is 10.8. The minimum Gasteiger partial charge on any atom is -0.464 e. The van der Waals surface area contributed by atoms with E-state index in [1.807, 2.05) is 0 Å². The van der Waals surface area contributed by atoms with Crippen molar-refractivity contribution < 1.29 is 19.4 Å². The van der Waals surface area contributed by atoms with Gasteiger partial charge >= 0.3 is 0 Å². The van der Waals surface area contributed by atoms with Gasteiger partial charge in [0.25, 0.3) is 0 Å². The molecular weight excluding hydrogens is 252 g/mol. The van der Waals surface area contributed by atoms with Crippen LogP contribution < -0.4 is 0 Å². The Balaban J connectivity index is 2.11. The third-order valence-corrected chi connectivity index (χ3v) is 3.55. The van der Waals surface area contributed by atoms with Crippen molar-refractivity contribution in [1.29, 1.82) is 0 Å². The molecule has 0 aliphatic carbocycles. The van der Waals surface area contributed by atoms with Gasteiger partial charge in [-0.05, 0) is 23.8 Å². The number of carbonyl (C=O) groups is 1. The first-order valence-corrected chi connectivity index (χ1v) is 6.53. The molecule has 0 saturated heterocycles. The number of thioether (sulfide) groups is 1. The van der Waals surface area contributed by atoms with Gasteiger partial charge in [-0.15, -0.1) is 0 Å². The van der Waals surface area contributed by atoms with Crippen LogP contribution in [0.3, 0.4) is 0 Å². The van der Waals surface area contributed by atoms with E-state index in [9.17, 15) is 15.0 Å². The topological polar surface area (TPSA) is 70.7 Å². The SMILES string of the molecule is CC(=O)SCC(O)C(O)c1ccc2occc2c1. The lowest BCUT2D eigenvalue weighted by molar-refractivity contribution is -0.109. The molecular formula is C13H14O4S. The minimum absolute atomic E-state index is 0.0773. The third kappa shape index (κ3) is 2.93. The highest BCUT2D eigenvalue weighted by atomic mass is 32.2. The first-order valence-electron chi connectivity index (χ1n) is 5.54. The molecule has 2 unspecified atom stereocenters. The summed E-state index contributed by atoms with van der Waals surface area (Å²) >= 11 is 1.00. The highest BCUT2D eigenvalue weighted by molar-refractivity contribution is 8.13. The molecule has 5 heteroatoms. The average molecular weight is 266 g/mol. The second-order valence-electron chi connectivity index (χ2n) is 4.03. The third-order valence-electron chi connectivity index (χ3n) is 2.64. The quantitative estimate of drug-likeness (QED) is 0.887. The summed E-state index contributed by atoms with van der Waals surface area (Å²) in [5.74, 6) is 0.180. The van der Waals surface area contributed by atoms with Gasteiger partial charge in [0, 0.05) is 18.1 Å². The van der Waals surface area contributed by atoms with Gasteiger partial charge in [0.15, 0.2) is 5.12 Å². The zero-order valence-corrected chi connectivity index (χ0v) is 10.7. The molecule has 0 bridgehead atoms. The molecule has 0 spiro atoms. The largest absolute Gasteiger partial charge is 0.464 e. The van der Waals surface area contributed by atoms with Crippen LogP contribution in [0.2, 0.25) is 0 Å². The Morgan fingerprint density at radius 3 is 2.89 bits per heavy atom. The van der Waals surface area contributed by atoms with Crippen molar-refractivity contribution in [1.82, 2.24) is 0 Å². The van der Waals surface area contributed by atoms with E-state index in [0.29, 0.717) is 5.56 Å². The molecule has 2 rings (SSSR count). The Morgan fingerprint density at radius 2 is 2.17 bits per heavy atom. The number of carbonyl (C=O) groups excluding carboxylic acids is 1. The molecule has 2 aromatic rings. The molecule has 0 aliphatic heterocycles. The number of hydrogen-bond acceptors (Lipinski definition) is 5. The van der Waals surface area contributed by atoms with E-state index in [2.05, 4.69) is 0 Å². The fourth-order valence-corrected chi connectivity index (χ4v) is 2.27. The first-order chi connectivity index (χ1) is 8.58. The lowest BCUT2D eigenvalue weighted by Gasteiger charge is -2.17. The number of benzene rings is 1. The molecule has 2 atom stereocenters. The summed E-state index contributed by atoms with van der Waals surface area (Å²) in [6.07, 6.45) is -0.400. The summed E-state index contributed by atoms with van der Waals surface area (Å²) in [5.41, 5.74) is 1.35. The van der Waals surface area contributed by atoms with Gasteiger partial charge in [-0.2, -0.15) is 0 Å². The van der Waals surface area contributed by atoms with E-state index < -0.39 is 12.2 Å². The van der Waals surface area contributed by atoms with Crippen molar-refractivity contribution in [3.63, 3.8) is 0 Å². The lowest BCUT2D eigenvalue weighted by atomic mass is 10.0. The van der Waals surface area contributed by atoms with Gasteiger partial charge in [-0.1, -0.05) is 17.8 Å². The van der Waals surface area contributed by atoms with Crippen LogP contribution in [0.5, 0.6) is 0 Å².